The molecule has 0 radical (unpaired) electrons. The van der Waals surface area contributed by atoms with Crippen LogP contribution in [0.5, 0.6) is 5.75 Å². The Kier molecular flexibility index (Phi) is 5.60. The second-order valence-electron chi connectivity index (χ2n) is 4.91. The SMILES string of the molecule is COc1ccc(NC(C)=O)cc1C(=O)NCc1ccc(Cl)cc1. The van der Waals surface area contributed by atoms with Crippen molar-refractivity contribution in [2.24, 2.45) is 0 Å². The number of hydrogen-bond donors (Lipinski definition) is 2. The molecule has 0 unspecified atom stereocenters. The predicted octanol–water partition coefficient (Wildman–Crippen LogP) is 3.24. The molecule has 0 aliphatic carbocycles. The van der Waals surface area contributed by atoms with Crippen LogP contribution in [0.4, 0.5) is 5.69 Å². The summed E-state index contributed by atoms with van der Waals surface area (Å²) < 4.78 is 5.20. The molecule has 6 heteroatoms. The summed E-state index contributed by atoms with van der Waals surface area (Å²) in [6.45, 7) is 1.77. The Bertz CT molecular complexity index is 714. The number of halogens is 1. The van der Waals surface area contributed by atoms with E-state index in [4.69, 9.17) is 16.3 Å². The molecule has 2 amide bonds. The summed E-state index contributed by atoms with van der Waals surface area (Å²) in [5, 5.41) is 6.10. The standard InChI is InChI=1S/C17H17ClN2O3/c1-11(21)20-14-7-8-16(23-2)15(9-14)17(22)19-10-12-3-5-13(18)6-4-12/h3-9H,10H2,1-2H3,(H,19,22)(H,20,21). The first kappa shape index (κ1) is 16.8. The van der Waals surface area contributed by atoms with E-state index in [2.05, 4.69) is 10.6 Å². The zero-order valence-electron chi connectivity index (χ0n) is 12.9. The lowest BCUT2D eigenvalue weighted by Crippen LogP contribution is -2.23. The van der Waals surface area contributed by atoms with E-state index in [9.17, 15) is 9.59 Å². The van der Waals surface area contributed by atoms with Gasteiger partial charge in [0.05, 0.1) is 12.7 Å². The van der Waals surface area contributed by atoms with Crippen LogP contribution < -0.4 is 15.4 Å². The molecular formula is C17H17ClN2O3. The number of methoxy groups -OCH3 is 1. The van der Waals surface area contributed by atoms with Crippen LogP contribution in [0.15, 0.2) is 42.5 Å². The average molecular weight is 333 g/mol. The lowest BCUT2D eigenvalue weighted by Gasteiger charge is -2.11. The van der Waals surface area contributed by atoms with Gasteiger partial charge in [-0.15, -0.1) is 0 Å². The Hall–Kier alpha value is -2.53. The fraction of sp³-hybridized carbons (Fsp3) is 0.176. The van der Waals surface area contributed by atoms with Crippen molar-refractivity contribution in [1.82, 2.24) is 5.32 Å². The van der Waals surface area contributed by atoms with Crippen LogP contribution >= 0.6 is 11.6 Å². The number of hydrogen-bond acceptors (Lipinski definition) is 3. The molecule has 0 heterocycles. The topological polar surface area (TPSA) is 67.4 Å². The summed E-state index contributed by atoms with van der Waals surface area (Å²) >= 11 is 5.83. The van der Waals surface area contributed by atoms with E-state index >= 15 is 0 Å². The maximum absolute atomic E-state index is 12.4. The summed E-state index contributed by atoms with van der Waals surface area (Å²) in [5.41, 5.74) is 1.82. The smallest absolute Gasteiger partial charge is 0.255 e. The number of benzene rings is 2. The van der Waals surface area contributed by atoms with Gasteiger partial charge in [0.1, 0.15) is 5.75 Å². The molecule has 5 nitrogen and oxygen atoms in total. The predicted molar refractivity (Wildman–Crippen MR) is 89.9 cm³/mol. The number of anilines is 1. The van der Waals surface area contributed by atoms with Gasteiger partial charge in [-0.25, -0.2) is 0 Å². The number of carbonyl (C=O) groups excluding carboxylic acids is 2. The molecule has 0 saturated carbocycles. The third kappa shape index (κ3) is 4.72. The van der Waals surface area contributed by atoms with Gasteiger partial charge in [0.25, 0.3) is 5.91 Å². The average Bonchev–Trinajstić information content (AvgIpc) is 2.53. The molecule has 2 rings (SSSR count). The van der Waals surface area contributed by atoms with Crippen LogP contribution in [0, 0.1) is 0 Å². The lowest BCUT2D eigenvalue weighted by atomic mass is 10.1. The molecular weight excluding hydrogens is 316 g/mol. The highest BCUT2D eigenvalue weighted by atomic mass is 35.5. The monoisotopic (exact) mass is 332 g/mol. The van der Waals surface area contributed by atoms with Crippen LogP contribution in [0.1, 0.15) is 22.8 Å². The van der Waals surface area contributed by atoms with Gasteiger partial charge in [-0.1, -0.05) is 23.7 Å². The van der Waals surface area contributed by atoms with Gasteiger partial charge in [0.2, 0.25) is 5.91 Å². The van der Waals surface area contributed by atoms with E-state index in [1.165, 1.54) is 14.0 Å². The molecule has 0 aromatic heterocycles. The van der Waals surface area contributed by atoms with E-state index < -0.39 is 0 Å². The van der Waals surface area contributed by atoms with Gasteiger partial charge in [0, 0.05) is 24.2 Å². The molecule has 2 N–H and O–H groups in total. The first-order valence-electron chi connectivity index (χ1n) is 6.98. The lowest BCUT2D eigenvalue weighted by molar-refractivity contribution is -0.114. The van der Waals surface area contributed by atoms with Crippen molar-refractivity contribution in [2.45, 2.75) is 13.5 Å². The van der Waals surface area contributed by atoms with Crippen LogP contribution in [0.25, 0.3) is 0 Å². The number of amides is 2. The Morgan fingerprint density at radius 2 is 1.83 bits per heavy atom. The maximum atomic E-state index is 12.4. The van der Waals surface area contributed by atoms with Crippen molar-refractivity contribution in [1.29, 1.82) is 0 Å². The van der Waals surface area contributed by atoms with Gasteiger partial charge < -0.3 is 15.4 Å². The Balaban J connectivity index is 2.13. The Labute approximate surface area is 139 Å². The van der Waals surface area contributed by atoms with Crippen LogP contribution in [0.2, 0.25) is 5.02 Å². The van der Waals surface area contributed by atoms with E-state index in [1.807, 2.05) is 12.1 Å². The van der Waals surface area contributed by atoms with Gasteiger partial charge in [-0.3, -0.25) is 9.59 Å². The van der Waals surface area contributed by atoms with Crippen molar-refractivity contribution in [3.63, 3.8) is 0 Å². The second kappa shape index (κ2) is 7.65. The fourth-order valence-electron chi connectivity index (χ4n) is 2.05. The van der Waals surface area contributed by atoms with Crippen molar-refractivity contribution in [2.75, 3.05) is 12.4 Å². The summed E-state index contributed by atoms with van der Waals surface area (Å²) in [7, 11) is 1.49. The molecule has 0 fully saturated rings. The van der Waals surface area contributed by atoms with Crippen molar-refractivity contribution in [3.05, 3.63) is 58.6 Å². The Morgan fingerprint density at radius 1 is 1.13 bits per heavy atom. The first-order valence-corrected chi connectivity index (χ1v) is 7.35. The number of ether oxygens (including phenoxy) is 1. The van der Waals surface area contributed by atoms with E-state index in [0.29, 0.717) is 28.6 Å². The van der Waals surface area contributed by atoms with Crippen molar-refractivity contribution < 1.29 is 14.3 Å². The third-order valence-electron chi connectivity index (χ3n) is 3.13. The summed E-state index contributed by atoms with van der Waals surface area (Å²) in [6, 6.07) is 12.1. The minimum atomic E-state index is -0.288. The molecule has 0 spiro atoms. The quantitative estimate of drug-likeness (QED) is 0.883. The van der Waals surface area contributed by atoms with Gasteiger partial charge in [-0.2, -0.15) is 0 Å². The zero-order chi connectivity index (χ0) is 16.8. The zero-order valence-corrected chi connectivity index (χ0v) is 13.6. The summed E-state index contributed by atoms with van der Waals surface area (Å²) in [6.07, 6.45) is 0. The van der Waals surface area contributed by atoms with Gasteiger partial charge >= 0.3 is 0 Å². The normalized spacial score (nSPS) is 10.0. The molecule has 2 aromatic carbocycles. The van der Waals surface area contributed by atoms with E-state index in [0.717, 1.165) is 5.56 Å². The fourth-order valence-corrected chi connectivity index (χ4v) is 2.17. The van der Waals surface area contributed by atoms with Crippen LogP contribution in [-0.2, 0) is 11.3 Å². The van der Waals surface area contributed by atoms with Crippen molar-refractivity contribution >= 4 is 29.1 Å². The second-order valence-corrected chi connectivity index (χ2v) is 5.34. The first-order chi connectivity index (χ1) is 11.0. The van der Waals surface area contributed by atoms with Gasteiger partial charge in [-0.05, 0) is 35.9 Å². The molecule has 2 aromatic rings. The van der Waals surface area contributed by atoms with Crippen molar-refractivity contribution in [3.8, 4) is 5.75 Å². The molecule has 23 heavy (non-hydrogen) atoms. The largest absolute Gasteiger partial charge is 0.496 e. The van der Waals surface area contributed by atoms with Crippen LogP contribution in [-0.4, -0.2) is 18.9 Å². The number of carbonyl (C=O) groups is 2. The molecule has 0 bridgehead atoms. The number of rotatable bonds is 5. The third-order valence-corrected chi connectivity index (χ3v) is 3.38. The highest BCUT2D eigenvalue weighted by molar-refractivity contribution is 6.30. The van der Waals surface area contributed by atoms with E-state index in [-0.39, 0.29) is 11.8 Å². The Morgan fingerprint density at radius 3 is 2.43 bits per heavy atom. The molecule has 0 aliphatic rings. The molecule has 0 aliphatic heterocycles. The van der Waals surface area contributed by atoms with Gasteiger partial charge in [0.15, 0.2) is 0 Å². The molecule has 0 saturated heterocycles. The highest BCUT2D eigenvalue weighted by Crippen LogP contribution is 2.22. The van der Waals surface area contributed by atoms with E-state index in [1.54, 1.807) is 30.3 Å². The minimum Gasteiger partial charge on any atom is -0.496 e. The molecule has 0 atom stereocenters. The highest BCUT2D eigenvalue weighted by Gasteiger charge is 2.13. The molecule has 120 valence electrons. The summed E-state index contributed by atoms with van der Waals surface area (Å²) in [5.74, 6) is -0.0561. The number of nitrogens with one attached hydrogen (secondary N) is 2. The summed E-state index contributed by atoms with van der Waals surface area (Å²) in [4.78, 5) is 23.5. The maximum Gasteiger partial charge on any atom is 0.255 e. The minimum absolute atomic E-state index is 0.206. The van der Waals surface area contributed by atoms with Crippen LogP contribution in [0.3, 0.4) is 0 Å².